The summed E-state index contributed by atoms with van der Waals surface area (Å²) >= 11 is 1.82. The second-order valence-corrected chi connectivity index (χ2v) is 7.46. The van der Waals surface area contributed by atoms with Crippen LogP contribution >= 0.6 is 11.3 Å². The van der Waals surface area contributed by atoms with Crippen LogP contribution in [0.4, 0.5) is 5.82 Å². The van der Waals surface area contributed by atoms with E-state index in [-0.39, 0.29) is 6.04 Å². The summed E-state index contributed by atoms with van der Waals surface area (Å²) in [6, 6.07) is 3.97. The Balaban J connectivity index is 1.88. The third-order valence-corrected chi connectivity index (χ3v) is 5.53. The SMILES string of the molecule is C[C@H](N)CNc1nc(-c2ccncc2)nc2sc3c(c12)CCCC3. The minimum atomic E-state index is 0.0776. The summed E-state index contributed by atoms with van der Waals surface area (Å²) in [6.07, 6.45) is 8.35. The molecule has 0 aromatic carbocycles. The lowest BCUT2D eigenvalue weighted by Crippen LogP contribution is -2.25. The lowest BCUT2D eigenvalue weighted by atomic mass is 9.97. The van der Waals surface area contributed by atoms with Gasteiger partial charge in [0, 0.05) is 35.4 Å². The fraction of sp³-hybridized carbons (Fsp3) is 0.389. The van der Waals surface area contributed by atoms with E-state index in [0.717, 1.165) is 34.9 Å². The molecule has 0 fully saturated rings. The lowest BCUT2D eigenvalue weighted by molar-refractivity contribution is 0.700. The quantitative estimate of drug-likeness (QED) is 0.762. The molecular weight excluding hydrogens is 318 g/mol. The fourth-order valence-corrected chi connectivity index (χ4v) is 4.43. The molecule has 5 nitrogen and oxygen atoms in total. The van der Waals surface area contributed by atoms with Gasteiger partial charge in [-0.05, 0) is 50.3 Å². The van der Waals surface area contributed by atoms with Gasteiger partial charge in [0.25, 0.3) is 0 Å². The topological polar surface area (TPSA) is 76.7 Å². The maximum Gasteiger partial charge on any atom is 0.163 e. The van der Waals surface area contributed by atoms with Gasteiger partial charge in [-0.1, -0.05) is 0 Å². The molecule has 6 heteroatoms. The molecule has 0 aliphatic heterocycles. The van der Waals surface area contributed by atoms with Gasteiger partial charge < -0.3 is 11.1 Å². The highest BCUT2D eigenvalue weighted by Gasteiger charge is 2.21. The molecule has 0 amide bonds. The van der Waals surface area contributed by atoms with Crippen molar-refractivity contribution in [3.05, 3.63) is 35.0 Å². The van der Waals surface area contributed by atoms with Crippen molar-refractivity contribution >= 4 is 27.4 Å². The summed E-state index contributed by atoms with van der Waals surface area (Å²) in [7, 11) is 0. The van der Waals surface area contributed by atoms with Gasteiger partial charge in [0.15, 0.2) is 5.82 Å². The van der Waals surface area contributed by atoms with E-state index in [1.165, 1.54) is 28.7 Å². The smallest absolute Gasteiger partial charge is 0.163 e. The first-order valence-electron chi connectivity index (χ1n) is 8.44. The number of anilines is 1. The fourth-order valence-electron chi connectivity index (χ4n) is 3.17. The molecule has 4 rings (SSSR count). The van der Waals surface area contributed by atoms with Crippen LogP contribution in [0, 0.1) is 0 Å². The molecule has 0 saturated heterocycles. The molecule has 0 spiro atoms. The minimum absolute atomic E-state index is 0.0776. The summed E-state index contributed by atoms with van der Waals surface area (Å²) in [6.45, 7) is 2.70. The van der Waals surface area contributed by atoms with Gasteiger partial charge in [0.1, 0.15) is 10.6 Å². The molecule has 1 atom stereocenters. The van der Waals surface area contributed by atoms with Crippen LogP contribution in [-0.4, -0.2) is 27.5 Å². The van der Waals surface area contributed by atoms with E-state index in [1.54, 1.807) is 12.4 Å². The summed E-state index contributed by atoms with van der Waals surface area (Å²) in [5.74, 6) is 1.67. The molecule has 3 N–H and O–H groups in total. The van der Waals surface area contributed by atoms with Gasteiger partial charge in [-0.25, -0.2) is 9.97 Å². The number of rotatable bonds is 4. The van der Waals surface area contributed by atoms with E-state index in [1.807, 2.05) is 30.4 Å². The molecule has 3 aromatic rings. The van der Waals surface area contributed by atoms with Gasteiger partial charge in [-0.2, -0.15) is 0 Å². The largest absolute Gasteiger partial charge is 0.368 e. The highest BCUT2D eigenvalue weighted by molar-refractivity contribution is 7.19. The molecule has 3 heterocycles. The first kappa shape index (κ1) is 15.5. The number of hydrogen-bond acceptors (Lipinski definition) is 6. The summed E-state index contributed by atoms with van der Waals surface area (Å²) in [4.78, 5) is 16.3. The monoisotopic (exact) mass is 339 g/mol. The number of pyridine rings is 1. The van der Waals surface area contributed by atoms with Crippen molar-refractivity contribution in [3.63, 3.8) is 0 Å². The van der Waals surface area contributed by atoms with Crippen molar-refractivity contribution in [3.8, 4) is 11.4 Å². The van der Waals surface area contributed by atoms with E-state index in [0.29, 0.717) is 6.54 Å². The van der Waals surface area contributed by atoms with Crippen LogP contribution in [0.1, 0.15) is 30.2 Å². The molecule has 0 unspecified atom stereocenters. The van der Waals surface area contributed by atoms with Crippen LogP contribution in [0.3, 0.4) is 0 Å². The minimum Gasteiger partial charge on any atom is -0.368 e. The number of aryl methyl sites for hydroxylation is 2. The van der Waals surface area contributed by atoms with Crippen molar-refractivity contribution in [2.75, 3.05) is 11.9 Å². The van der Waals surface area contributed by atoms with E-state index in [4.69, 9.17) is 15.7 Å². The Morgan fingerprint density at radius 3 is 2.79 bits per heavy atom. The predicted octanol–water partition coefficient (Wildman–Crippen LogP) is 3.39. The van der Waals surface area contributed by atoms with Gasteiger partial charge >= 0.3 is 0 Å². The van der Waals surface area contributed by atoms with Crippen molar-refractivity contribution < 1.29 is 0 Å². The number of nitrogens with zero attached hydrogens (tertiary/aromatic N) is 3. The molecule has 124 valence electrons. The van der Waals surface area contributed by atoms with Crippen LogP contribution in [0.25, 0.3) is 21.6 Å². The molecule has 24 heavy (non-hydrogen) atoms. The normalized spacial score (nSPS) is 15.2. The highest BCUT2D eigenvalue weighted by atomic mass is 32.1. The molecular formula is C18H21N5S. The Kier molecular flexibility index (Phi) is 4.16. The van der Waals surface area contributed by atoms with Gasteiger partial charge in [-0.15, -0.1) is 11.3 Å². The van der Waals surface area contributed by atoms with Crippen molar-refractivity contribution in [1.82, 2.24) is 15.0 Å². The van der Waals surface area contributed by atoms with Gasteiger partial charge in [-0.3, -0.25) is 4.98 Å². The Bertz CT molecular complexity index is 857. The van der Waals surface area contributed by atoms with E-state index >= 15 is 0 Å². The van der Waals surface area contributed by atoms with E-state index in [9.17, 15) is 0 Å². The predicted molar refractivity (Wildman–Crippen MR) is 99.4 cm³/mol. The van der Waals surface area contributed by atoms with Crippen molar-refractivity contribution in [2.45, 2.75) is 38.6 Å². The second kappa shape index (κ2) is 6.45. The van der Waals surface area contributed by atoms with Crippen molar-refractivity contribution in [1.29, 1.82) is 0 Å². The third-order valence-electron chi connectivity index (χ3n) is 4.34. The van der Waals surface area contributed by atoms with Crippen molar-refractivity contribution in [2.24, 2.45) is 5.73 Å². The highest BCUT2D eigenvalue weighted by Crippen LogP contribution is 2.39. The zero-order valence-corrected chi connectivity index (χ0v) is 14.6. The Morgan fingerprint density at radius 2 is 2.00 bits per heavy atom. The average Bonchev–Trinajstić information content (AvgIpc) is 2.99. The maximum atomic E-state index is 5.94. The average molecular weight is 339 g/mol. The summed E-state index contributed by atoms with van der Waals surface area (Å²) in [5, 5.41) is 4.65. The zero-order chi connectivity index (χ0) is 16.5. The first-order chi connectivity index (χ1) is 11.7. The molecule has 1 aliphatic carbocycles. The zero-order valence-electron chi connectivity index (χ0n) is 13.7. The van der Waals surface area contributed by atoms with E-state index in [2.05, 4.69) is 10.3 Å². The van der Waals surface area contributed by atoms with Gasteiger partial charge in [0.2, 0.25) is 0 Å². The van der Waals surface area contributed by atoms with Crippen LogP contribution in [0.2, 0.25) is 0 Å². The van der Waals surface area contributed by atoms with Crippen LogP contribution in [-0.2, 0) is 12.8 Å². The lowest BCUT2D eigenvalue weighted by Gasteiger charge is -2.14. The summed E-state index contributed by atoms with van der Waals surface area (Å²) in [5.41, 5.74) is 8.36. The number of nitrogens with one attached hydrogen (secondary N) is 1. The van der Waals surface area contributed by atoms with Crippen LogP contribution < -0.4 is 11.1 Å². The number of hydrogen-bond donors (Lipinski definition) is 2. The Hall–Kier alpha value is -2.05. The maximum absolute atomic E-state index is 5.94. The molecule has 0 saturated carbocycles. The number of thiophene rings is 1. The van der Waals surface area contributed by atoms with Crippen LogP contribution in [0.15, 0.2) is 24.5 Å². The van der Waals surface area contributed by atoms with Crippen LogP contribution in [0.5, 0.6) is 0 Å². The van der Waals surface area contributed by atoms with Gasteiger partial charge in [0.05, 0.1) is 5.39 Å². The summed E-state index contributed by atoms with van der Waals surface area (Å²) < 4.78 is 0. The van der Waals surface area contributed by atoms with E-state index < -0.39 is 0 Å². The second-order valence-electron chi connectivity index (χ2n) is 6.38. The molecule has 1 aliphatic rings. The third kappa shape index (κ3) is 2.87. The molecule has 0 bridgehead atoms. The Labute approximate surface area is 145 Å². The first-order valence-corrected chi connectivity index (χ1v) is 9.26. The standard InChI is InChI=1S/C18H21N5S/c1-11(19)10-21-17-15-13-4-2-3-5-14(13)24-18(15)23-16(22-17)12-6-8-20-9-7-12/h6-9,11H,2-5,10,19H2,1H3,(H,21,22,23)/t11-/m0/s1. The molecule has 0 radical (unpaired) electrons. The number of nitrogens with two attached hydrogens (primary N) is 1. The Morgan fingerprint density at radius 1 is 1.21 bits per heavy atom. The number of fused-ring (bicyclic) bond motifs is 3. The molecule has 3 aromatic heterocycles. The number of aromatic nitrogens is 3.